The maximum atomic E-state index is 5.17. The van der Waals surface area contributed by atoms with Crippen LogP contribution >= 0.6 is 0 Å². The van der Waals surface area contributed by atoms with Gasteiger partial charge in [0.2, 0.25) is 0 Å². The van der Waals surface area contributed by atoms with E-state index in [0.717, 1.165) is 44.5 Å². The van der Waals surface area contributed by atoms with E-state index >= 15 is 0 Å². The fourth-order valence-corrected chi connectivity index (χ4v) is 7.52. The molecule has 0 aliphatic heterocycles. The van der Waals surface area contributed by atoms with Crippen LogP contribution in [-0.4, -0.2) is 19.5 Å². The average molecular weight is 677 g/mol. The van der Waals surface area contributed by atoms with Gasteiger partial charge in [0.05, 0.1) is 16.7 Å². The van der Waals surface area contributed by atoms with Gasteiger partial charge in [0.25, 0.3) is 0 Å². The van der Waals surface area contributed by atoms with Gasteiger partial charge < -0.3 is 4.57 Å². The Morgan fingerprint density at radius 2 is 0.755 bits per heavy atom. The standard InChI is InChI=1S/C49H32N4/c1-3-14-33(15-4-1)34-26-28-37(29-27-34)48-50-47(36-17-5-2-6-18-36)51-49(52-48)38-30-31-43(40-23-13-19-35-16-7-8-20-39(35)40)46(32-38)53-44-24-11-9-21-41(44)42-22-10-12-25-45(42)53/h1-32H. The van der Waals surface area contributed by atoms with Gasteiger partial charge >= 0.3 is 0 Å². The Balaban J connectivity index is 1.21. The van der Waals surface area contributed by atoms with Crippen molar-refractivity contribution in [1.82, 2.24) is 19.5 Å². The fourth-order valence-electron chi connectivity index (χ4n) is 7.52. The van der Waals surface area contributed by atoms with E-state index in [1.54, 1.807) is 0 Å². The normalized spacial score (nSPS) is 11.4. The van der Waals surface area contributed by atoms with Crippen LogP contribution in [0.2, 0.25) is 0 Å². The third-order valence-corrected chi connectivity index (χ3v) is 10.1. The summed E-state index contributed by atoms with van der Waals surface area (Å²) in [4.78, 5) is 15.3. The van der Waals surface area contributed by atoms with Crippen LogP contribution in [0, 0.1) is 0 Å². The van der Waals surface area contributed by atoms with Crippen LogP contribution in [0.15, 0.2) is 194 Å². The number of benzene rings is 8. The Bertz CT molecular complexity index is 2870. The lowest BCUT2D eigenvalue weighted by atomic mass is 9.95. The van der Waals surface area contributed by atoms with Crippen LogP contribution in [0.25, 0.3) is 94.7 Å². The topological polar surface area (TPSA) is 43.6 Å². The molecule has 0 aliphatic rings. The van der Waals surface area contributed by atoms with Crippen molar-refractivity contribution in [2.75, 3.05) is 0 Å². The van der Waals surface area contributed by atoms with Crippen molar-refractivity contribution >= 4 is 32.6 Å². The summed E-state index contributed by atoms with van der Waals surface area (Å²) in [6, 6.07) is 68.1. The summed E-state index contributed by atoms with van der Waals surface area (Å²) in [5.74, 6) is 1.88. The second-order valence-electron chi connectivity index (χ2n) is 13.2. The largest absolute Gasteiger partial charge is 0.309 e. The van der Waals surface area contributed by atoms with Crippen LogP contribution in [0.1, 0.15) is 0 Å². The first-order valence-electron chi connectivity index (χ1n) is 17.9. The minimum Gasteiger partial charge on any atom is -0.309 e. The molecule has 0 atom stereocenters. The van der Waals surface area contributed by atoms with Crippen LogP contribution in [-0.2, 0) is 0 Å². The quantitative estimate of drug-likeness (QED) is 0.176. The Morgan fingerprint density at radius 3 is 1.42 bits per heavy atom. The number of para-hydroxylation sites is 2. The molecule has 10 rings (SSSR count). The highest BCUT2D eigenvalue weighted by atomic mass is 15.0. The van der Waals surface area contributed by atoms with Gasteiger partial charge in [0.1, 0.15) is 0 Å². The first kappa shape index (κ1) is 30.6. The van der Waals surface area contributed by atoms with Gasteiger partial charge in [-0.2, -0.15) is 0 Å². The third kappa shape index (κ3) is 5.45. The van der Waals surface area contributed by atoms with Crippen LogP contribution in [0.4, 0.5) is 0 Å². The predicted octanol–water partition coefficient (Wildman–Crippen LogP) is 12.5. The van der Waals surface area contributed by atoms with Crippen LogP contribution in [0.5, 0.6) is 0 Å². The van der Waals surface area contributed by atoms with E-state index in [9.17, 15) is 0 Å². The summed E-state index contributed by atoms with van der Waals surface area (Å²) in [6.45, 7) is 0. The number of hydrogen-bond acceptors (Lipinski definition) is 3. The third-order valence-electron chi connectivity index (χ3n) is 10.1. The Hall–Kier alpha value is -7.17. The molecule has 0 aliphatic carbocycles. The van der Waals surface area contributed by atoms with E-state index < -0.39 is 0 Å². The van der Waals surface area contributed by atoms with E-state index in [1.165, 1.54) is 32.7 Å². The molecule has 0 saturated heterocycles. The maximum Gasteiger partial charge on any atom is 0.164 e. The highest BCUT2D eigenvalue weighted by molar-refractivity contribution is 6.10. The second kappa shape index (κ2) is 12.9. The van der Waals surface area contributed by atoms with Crippen molar-refractivity contribution in [2.24, 2.45) is 0 Å². The monoisotopic (exact) mass is 676 g/mol. The van der Waals surface area contributed by atoms with E-state index in [0.29, 0.717) is 17.5 Å². The van der Waals surface area contributed by atoms with E-state index in [1.807, 2.05) is 24.3 Å². The van der Waals surface area contributed by atoms with E-state index in [-0.39, 0.29) is 0 Å². The first-order chi connectivity index (χ1) is 26.3. The molecule has 53 heavy (non-hydrogen) atoms. The molecule has 248 valence electrons. The molecule has 2 aromatic heterocycles. The zero-order valence-corrected chi connectivity index (χ0v) is 28.8. The zero-order chi connectivity index (χ0) is 35.1. The summed E-state index contributed by atoms with van der Waals surface area (Å²) in [5.41, 5.74) is 10.8. The van der Waals surface area contributed by atoms with Crippen molar-refractivity contribution in [3.8, 4) is 62.1 Å². The molecule has 4 nitrogen and oxygen atoms in total. The summed E-state index contributed by atoms with van der Waals surface area (Å²) < 4.78 is 2.40. The zero-order valence-electron chi connectivity index (χ0n) is 28.8. The number of nitrogens with zero attached hydrogens (tertiary/aromatic N) is 4. The highest BCUT2D eigenvalue weighted by Crippen LogP contribution is 2.40. The molecule has 0 fully saturated rings. The van der Waals surface area contributed by atoms with Gasteiger partial charge in [0.15, 0.2) is 17.5 Å². The molecule has 4 heteroatoms. The van der Waals surface area contributed by atoms with Crippen molar-refractivity contribution in [1.29, 1.82) is 0 Å². The molecular weight excluding hydrogens is 645 g/mol. The minimum absolute atomic E-state index is 0.618. The Morgan fingerprint density at radius 1 is 0.302 bits per heavy atom. The Kier molecular flexibility index (Phi) is 7.43. The molecule has 0 N–H and O–H groups in total. The number of fused-ring (bicyclic) bond motifs is 4. The number of aromatic nitrogens is 4. The summed E-state index contributed by atoms with van der Waals surface area (Å²) in [5, 5.41) is 4.84. The molecule has 0 unspecified atom stereocenters. The molecule has 0 spiro atoms. The van der Waals surface area contributed by atoms with Crippen molar-refractivity contribution in [2.45, 2.75) is 0 Å². The molecular formula is C49H32N4. The average Bonchev–Trinajstić information content (AvgIpc) is 3.58. The summed E-state index contributed by atoms with van der Waals surface area (Å²) in [6.07, 6.45) is 0. The molecule has 10 aromatic rings. The molecule has 0 radical (unpaired) electrons. The van der Waals surface area contributed by atoms with Crippen molar-refractivity contribution < 1.29 is 0 Å². The van der Waals surface area contributed by atoms with Gasteiger partial charge in [-0.05, 0) is 45.7 Å². The van der Waals surface area contributed by atoms with Crippen molar-refractivity contribution in [3.05, 3.63) is 194 Å². The predicted molar refractivity (Wildman–Crippen MR) is 219 cm³/mol. The van der Waals surface area contributed by atoms with Crippen LogP contribution in [0.3, 0.4) is 0 Å². The highest BCUT2D eigenvalue weighted by Gasteiger charge is 2.19. The van der Waals surface area contributed by atoms with Gasteiger partial charge in [-0.3, -0.25) is 0 Å². The van der Waals surface area contributed by atoms with Gasteiger partial charge in [0, 0.05) is 33.0 Å². The van der Waals surface area contributed by atoms with E-state index in [4.69, 9.17) is 15.0 Å². The lowest BCUT2D eigenvalue weighted by Gasteiger charge is -2.17. The molecule has 0 bridgehead atoms. The van der Waals surface area contributed by atoms with Gasteiger partial charge in [-0.1, -0.05) is 176 Å². The minimum atomic E-state index is 0.618. The Labute approximate surface area is 307 Å². The summed E-state index contributed by atoms with van der Waals surface area (Å²) in [7, 11) is 0. The summed E-state index contributed by atoms with van der Waals surface area (Å²) >= 11 is 0. The molecule has 2 heterocycles. The second-order valence-corrected chi connectivity index (χ2v) is 13.2. The van der Waals surface area contributed by atoms with Gasteiger partial charge in [-0.25, -0.2) is 15.0 Å². The molecule has 0 amide bonds. The molecule has 8 aromatic carbocycles. The lowest BCUT2D eigenvalue weighted by Crippen LogP contribution is -2.02. The maximum absolute atomic E-state index is 5.17. The SMILES string of the molecule is c1ccc(-c2ccc(-c3nc(-c4ccccc4)nc(-c4ccc(-c5cccc6ccccc56)c(-n5c6ccccc6c6ccccc65)c4)n3)cc2)cc1. The molecule has 0 saturated carbocycles. The number of rotatable bonds is 6. The first-order valence-corrected chi connectivity index (χ1v) is 17.9. The number of hydrogen-bond donors (Lipinski definition) is 0. The van der Waals surface area contributed by atoms with E-state index in [2.05, 4.69) is 174 Å². The smallest absolute Gasteiger partial charge is 0.164 e. The van der Waals surface area contributed by atoms with Crippen LogP contribution < -0.4 is 0 Å². The lowest BCUT2D eigenvalue weighted by molar-refractivity contribution is 1.07. The fraction of sp³-hybridized carbons (Fsp3) is 0. The van der Waals surface area contributed by atoms with Gasteiger partial charge in [-0.15, -0.1) is 0 Å². The van der Waals surface area contributed by atoms with Crippen molar-refractivity contribution in [3.63, 3.8) is 0 Å².